The van der Waals surface area contributed by atoms with E-state index in [0.717, 1.165) is 102 Å². The van der Waals surface area contributed by atoms with Gasteiger partial charge in [-0.05, 0) is 37.5 Å². The van der Waals surface area contributed by atoms with Crippen LogP contribution in [0.1, 0.15) is 363 Å². The molecule has 0 rings (SSSR count). The number of unbranched alkanes of at least 4 members (excludes halogenated alkanes) is 38. The van der Waals surface area contributed by atoms with Crippen molar-refractivity contribution in [1.29, 1.82) is 0 Å². The first-order chi connectivity index (χ1) is 43.4. The highest BCUT2D eigenvalue weighted by molar-refractivity contribution is 7.47. The predicted octanol–water partition coefficient (Wildman–Crippen LogP) is 20.4. The molecule has 19 heteroatoms. The minimum atomic E-state index is -4.95. The number of carbonyl (C=O) groups excluding carboxylic acids is 4. The topological polar surface area (TPSA) is 237 Å². The average molecular weight is 1330 g/mol. The van der Waals surface area contributed by atoms with Gasteiger partial charge in [-0.15, -0.1) is 0 Å². The Morgan fingerprint density at radius 2 is 0.533 bits per heavy atom. The number of esters is 4. The summed E-state index contributed by atoms with van der Waals surface area (Å²) in [7, 11) is -9.90. The van der Waals surface area contributed by atoms with Gasteiger partial charge in [-0.1, -0.05) is 311 Å². The molecule has 0 spiro atoms. The Morgan fingerprint density at radius 1 is 0.311 bits per heavy atom. The smallest absolute Gasteiger partial charge is 0.462 e. The van der Waals surface area contributed by atoms with Crippen LogP contribution in [0, 0.1) is 11.8 Å². The number of rotatable bonds is 70. The summed E-state index contributed by atoms with van der Waals surface area (Å²) in [5.41, 5.74) is 0. The van der Waals surface area contributed by atoms with Crippen LogP contribution in [0.4, 0.5) is 0 Å². The molecular formula is C71H138O17P2. The number of phosphoric ester groups is 2. The van der Waals surface area contributed by atoms with Gasteiger partial charge >= 0.3 is 39.5 Å². The van der Waals surface area contributed by atoms with Crippen LogP contribution in [0.3, 0.4) is 0 Å². The Kier molecular flexibility index (Phi) is 61.8. The van der Waals surface area contributed by atoms with Gasteiger partial charge in [0.15, 0.2) is 12.2 Å². The SMILES string of the molecule is CCCCCCCCCCCCCCCCCC(=O)O[C@H](COC(=O)CCCCCCCCCCC(C)CC)COP(=O)(O)OC[C@@H](O)COP(=O)(O)OC[C@@H](COC(=O)CCCCCCCCCCCCC)OC(=O)CCCCCCCCCCC(C)CC. The monoisotopic (exact) mass is 1320 g/mol. The fraction of sp³-hybridized carbons (Fsp3) is 0.944. The maximum absolute atomic E-state index is 13.0. The first kappa shape index (κ1) is 88.1. The van der Waals surface area contributed by atoms with E-state index in [0.29, 0.717) is 25.7 Å². The Labute approximate surface area is 549 Å². The standard InChI is InChI=1S/C71H138O17P2/c1-7-11-13-15-17-19-21-22-23-24-26-28-37-43-49-55-70(75)87-66(60-82-69(74)54-48-42-36-31-29-33-39-45-51-63(5)9-3)61-85-89(77,78)83-57-65(72)58-84-90(79,80)86-62-67(59-81-68(73)53-47-41-35-27-25-20-18-16-14-12-8-2)88-71(76)56-50-44-38-32-30-34-40-46-52-64(6)10-4/h63-67,72H,7-62H2,1-6H3,(H,77,78)(H,79,80)/t63?,64?,65-,66-,67-/m1/s1. The van der Waals surface area contributed by atoms with Crippen LogP contribution in [0.15, 0.2) is 0 Å². The largest absolute Gasteiger partial charge is 0.472 e. The molecule has 0 bridgehead atoms. The van der Waals surface area contributed by atoms with Crippen molar-refractivity contribution in [3.8, 4) is 0 Å². The lowest BCUT2D eigenvalue weighted by Crippen LogP contribution is -2.30. The van der Waals surface area contributed by atoms with Crippen molar-refractivity contribution in [1.82, 2.24) is 0 Å². The second-order valence-electron chi connectivity index (χ2n) is 26.1. The van der Waals surface area contributed by atoms with Gasteiger partial charge in [0.1, 0.15) is 19.3 Å². The maximum Gasteiger partial charge on any atom is 0.472 e. The zero-order valence-electron chi connectivity index (χ0n) is 58.4. The van der Waals surface area contributed by atoms with Crippen molar-refractivity contribution in [3.05, 3.63) is 0 Å². The molecule has 7 atom stereocenters. The van der Waals surface area contributed by atoms with Crippen molar-refractivity contribution >= 4 is 39.5 Å². The molecule has 0 aliphatic rings. The van der Waals surface area contributed by atoms with Gasteiger partial charge in [0.2, 0.25) is 0 Å². The van der Waals surface area contributed by atoms with Gasteiger partial charge in [0, 0.05) is 25.7 Å². The molecule has 0 aromatic rings. The normalized spacial score (nSPS) is 14.7. The Morgan fingerprint density at radius 3 is 0.789 bits per heavy atom. The van der Waals surface area contributed by atoms with Crippen LogP contribution in [0.2, 0.25) is 0 Å². The average Bonchev–Trinajstić information content (AvgIpc) is 3.73. The third-order valence-corrected chi connectivity index (χ3v) is 19.1. The van der Waals surface area contributed by atoms with Crippen molar-refractivity contribution in [2.24, 2.45) is 11.8 Å². The van der Waals surface area contributed by atoms with Gasteiger partial charge in [0.25, 0.3) is 0 Å². The summed E-state index contributed by atoms with van der Waals surface area (Å²) in [6.07, 6.45) is 48.3. The summed E-state index contributed by atoms with van der Waals surface area (Å²) < 4.78 is 68.3. The van der Waals surface area contributed by atoms with E-state index in [1.54, 1.807) is 0 Å². The lowest BCUT2D eigenvalue weighted by atomic mass is 9.99. The second kappa shape index (κ2) is 63.1. The van der Waals surface area contributed by atoms with Gasteiger partial charge < -0.3 is 33.8 Å². The molecular weight excluding hydrogens is 1190 g/mol. The van der Waals surface area contributed by atoms with Gasteiger partial charge in [0.05, 0.1) is 26.4 Å². The summed E-state index contributed by atoms with van der Waals surface area (Å²) in [6, 6.07) is 0. The Balaban J connectivity index is 5.27. The minimum Gasteiger partial charge on any atom is -0.462 e. The second-order valence-corrected chi connectivity index (χ2v) is 29.0. The third-order valence-electron chi connectivity index (χ3n) is 17.2. The molecule has 4 unspecified atom stereocenters. The minimum absolute atomic E-state index is 0.105. The lowest BCUT2D eigenvalue weighted by molar-refractivity contribution is -0.161. The van der Waals surface area contributed by atoms with Crippen LogP contribution < -0.4 is 0 Å². The molecule has 0 saturated heterocycles. The molecule has 17 nitrogen and oxygen atoms in total. The number of aliphatic hydroxyl groups is 1. The number of hydrogen-bond donors (Lipinski definition) is 3. The highest BCUT2D eigenvalue weighted by Crippen LogP contribution is 2.45. The van der Waals surface area contributed by atoms with E-state index in [1.165, 1.54) is 180 Å². The molecule has 0 aliphatic carbocycles. The van der Waals surface area contributed by atoms with Crippen LogP contribution in [-0.4, -0.2) is 96.7 Å². The summed E-state index contributed by atoms with van der Waals surface area (Å²) in [5, 5.41) is 10.6. The summed E-state index contributed by atoms with van der Waals surface area (Å²) in [5.74, 6) is -0.575. The molecule has 0 amide bonds. The van der Waals surface area contributed by atoms with Gasteiger partial charge in [-0.25, -0.2) is 9.13 Å². The van der Waals surface area contributed by atoms with E-state index in [2.05, 4.69) is 41.5 Å². The van der Waals surface area contributed by atoms with Crippen molar-refractivity contribution in [2.45, 2.75) is 381 Å². The molecule has 0 heterocycles. The van der Waals surface area contributed by atoms with E-state index < -0.39 is 97.5 Å². The van der Waals surface area contributed by atoms with E-state index in [1.807, 2.05) is 0 Å². The first-order valence-electron chi connectivity index (χ1n) is 37.1. The fourth-order valence-electron chi connectivity index (χ4n) is 10.7. The Bertz CT molecular complexity index is 1760. The molecule has 534 valence electrons. The molecule has 0 saturated carbocycles. The van der Waals surface area contributed by atoms with E-state index in [-0.39, 0.29) is 25.7 Å². The number of hydrogen-bond acceptors (Lipinski definition) is 15. The third kappa shape index (κ3) is 62.2. The Hall–Kier alpha value is -1.94. The van der Waals surface area contributed by atoms with Crippen LogP contribution in [0.5, 0.6) is 0 Å². The zero-order chi connectivity index (χ0) is 66.5. The molecule has 0 aromatic carbocycles. The quantitative estimate of drug-likeness (QED) is 0.0222. The van der Waals surface area contributed by atoms with Crippen LogP contribution in [0.25, 0.3) is 0 Å². The fourth-order valence-corrected chi connectivity index (χ4v) is 12.3. The van der Waals surface area contributed by atoms with Crippen LogP contribution in [-0.2, 0) is 65.4 Å². The van der Waals surface area contributed by atoms with Gasteiger partial charge in [-0.3, -0.25) is 37.3 Å². The molecule has 0 aliphatic heterocycles. The zero-order valence-corrected chi connectivity index (χ0v) is 60.2. The molecule has 0 radical (unpaired) electrons. The molecule has 3 N–H and O–H groups in total. The number of ether oxygens (including phenoxy) is 4. The molecule has 0 aromatic heterocycles. The van der Waals surface area contributed by atoms with E-state index >= 15 is 0 Å². The van der Waals surface area contributed by atoms with E-state index in [9.17, 15) is 43.2 Å². The summed E-state index contributed by atoms with van der Waals surface area (Å²) in [4.78, 5) is 72.6. The van der Waals surface area contributed by atoms with Crippen molar-refractivity contribution < 1.29 is 80.2 Å². The first-order valence-corrected chi connectivity index (χ1v) is 40.1. The van der Waals surface area contributed by atoms with Crippen molar-refractivity contribution in [3.63, 3.8) is 0 Å². The van der Waals surface area contributed by atoms with Gasteiger partial charge in [-0.2, -0.15) is 0 Å². The van der Waals surface area contributed by atoms with Crippen LogP contribution >= 0.6 is 15.6 Å². The molecule has 90 heavy (non-hydrogen) atoms. The number of carbonyl (C=O) groups is 4. The molecule has 0 fully saturated rings. The number of phosphoric acid groups is 2. The lowest BCUT2D eigenvalue weighted by Gasteiger charge is -2.21. The summed E-state index contributed by atoms with van der Waals surface area (Å²) in [6.45, 7) is 9.56. The summed E-state index contributed by atoms with van der Waals surface area (Å²) >= 11 is 0. The predicted molar refractivity (Wildman–Crippen MR) is 363 cm³/mol. The highest BCUT2D eigenvalue weighted by atomic mass is 31.2. The van der Waals surface area contributed by atoms with E-state index in [4.69, 9.17) is 37.0 Å². The van der Waals surface area contributed by atoms with Crippen molar-refractivity contribution in [2.75, 3.05) is 39.6 Å². The highest BCUT2D eigenvalue weighted by Gasteiger charge is 2.30. The number of aliphatic hydroxyl groups excluding tert-OH is 1. The maximum atomic E-state index is 13.0.